The SMILES string of the molecule is O=C(Nc1cccc(C(=O)[O-])c1)/C(=C\c1cccc([N+](=O)[O-])c1)NC(=O)c1ccccc1Br. The zero-order valence-corrected chi connectivity index (χ0v) is 18.4. The Morgan fingerprint density at radius 3 is 2.36 bits per heavy atom. The van der Waals surface area contributed by atoms with E-state index in [1.54, 1.807) is 24.3 Å². The van der Waals surface area contributed by atoms with Crippen LogP contribution < -0.4 is 15.7 Å². The number of nitro benzene ring substituents is 1. The number of carbonyl (C=O) groups excluding carboxylic acids is 3. The second-order valence-corrected chi connectivity index (χ2v) is 7.52. The maximum atomic E-state index is 13.0. The third kappa shape index (κ3) is 6.11. The highest BCUT2D eigenvalue weighted by Crippen LogP contribution is 2.19. The lowest BCUT2D eigenvalue weighted by Crippen LogP contribution is -2.31. The lowest BCUT2D eigenvalue weighted by Gasteiger charge is -2.13. The first-order chi connectivity index (χ1) is 15.7. The third-order valence-corrected chi connectivity index (χ3v) is 5.05. The van der Waals surface area contributed by atoms with Crippen molar-refractivity contribution in [3.63, 3.8) is 0 Å². The Morgan fingerprint density at radius 1 is 0.939 bits per heavy atom. The van der Waals surface area contributed by atoms with E-state index in [1.807, 2.05) is 0 Å². The fraction of sp³-hybridized carbons (Fsp3) is 0. The molecule has 10 heteroatoms. The van der Waals surface area contributed by atoms with Gasteiger partial charge in [0.15, 0.2) is 0 Å². The van der Waals surface area contributed by atoms with Gasteiger partial charge in [-0.05, 0) is 57.4 Å². The van der Waals surface area contributed by atoms with Gasteiger partial charge in [-0.15, -0.1) is 0 Å². The predicted octanol–water partition coefficient (Wildman–Crippen LogP) is 3.13. The molecule has 0 atom stereocenters. The minimum Gasteiger partial charge on any atom is -0.545 e. The van der Waals surface area contributed by atoms with E-state index in [1.165, 1.54) is 54.6 Å². The molecule has 0 aromatic heterocycles. The lowest BCUT2D eigenvalue weighted by atomic mass is 10.1. The Balaban J connectivity index is 1.96. The van der Waals surface area contributed by atoms with E-state index in [0.717, 1.165) is 0 Å². The Bertz CT molecular complexity index is 1290. The van der Waals surface area contributed by atoms with Gasteiger partial charge in [0.1, 0.15) is 5.70 Å². The molecule has 2 N–H and O–H groups in total. The Kier molecular flexibility index (Phi) is 7.31. The summed E-state index contributed by atoms with van der Waals surface area (Å²) in [4.78, 5) is 47.3. The van der Waals surface area contributed by atoms with Crippen LogP contribution in [-0.4, -0.2) is 22.7 Å². The number of hydrogen-bond donors (Lipinski definition) is 2. The van der Waals surface area contributed by atoms with Crippen LogP contribution in [-0.2, 0) is 4.79 Å². The van der Waals surface area contributed by atoms with Crippen LogP contribution >= 0.6 is 15.9 Å². The number of non-ortho nitro benzene ring substituents is 1. The second kappa shape index (κ2) is 10.3. The van der Waals surface area contributed by atoms with Gasteiger partial charge in [-0.25, -0.2) is 0 Å². The van der Waals surface area contributed by atoms with Crippen molar-refractivity contribution in [2.45, 2.75) is 0 Å². The molecule has 3 rings (SSSR count). The lowest BCUT2D eigenvalue weighted by molar-refractivity contribution is -0.384. The Morgan fingerprint density at radius 2 is 1.67 bits per heavy atom. The molecule has 0 saturated carbocycles. The maximum absolute atomic E-state index is 13.0. The number of rotatable bonds is 7. The number of carbonyl (C=O) groups is 3. The molecule has 0 radical (unpaired) electrons. The van der Waals surface area contributed by atoms with Gasteiger partial charge in [0.25, 0.3) is 17.5 Å². The van der Waals surface area contributed by atoms with Crippen LogP contribution in [0.4, 0.5) is 11.4 Å². The number of nitrogens with zero attached hydrogens (tertiary/aromatic N) is 1. The minimum atomic E-state index is -1.42. The highest BCUT2D eigenvalue weighted by Gasteiger charge is 2.17. The largest absolute Gasteiger partial charge is 0.545 e. The monoisotopic (exact) mass is 508 g/mol. The van der Waals surface area contributed by atoms with Crippen molar-refractivity contribution in [3.8, 4) is 0 Å². The van der Waals surface area contributed by atoms with Crippen LogP contribution in [0.5, 0.6) is 0 Å². The predicted molar refractivity (Wildman–Crippen MR) is 122 cm³/mol. The number of nitrogens with one attached hydrogen (secondary N) is 2. The van der Waals surface area contributed by atoms with Crippen molar-refractivity contribution in [2.75, 3.05) is 5.32 Å². The van der Waals surface area contributed by atoms with Crippen molar-refractivity contribution >= 4 is 51.2 Å². The molecule has 166 valence electrons. The Labute approximate surface area is 196 Å². The summed E-state index contributed by atoms with van der Waals surface area (Å²) >= 11 is 3.27. The summed E-state index contributed by atoms with van der Waals surface area (Å²) in [6.07, 6.45) is 1.28. The molecule has 2 amide bonds. The number of carboxylic acid groups (broad SMARTS) is 1. The molecule has 0 bridgehead atoms. The standard InChI is InChI=1S/C23H16BrN3O6/c24-19-10-2-1-9-18(19)21(28)26-20(12-14-5-3-8-17(11-14)27(32)33)22(29)25-16-7-4-6-15(13-16)23(30)31/h1-13H,(H,25,29)(H,26,28)(H,30,31)/p-1/b20-12+. The van der Waals surface area contributed by atoms with E-state index in [4.69, 9.17) is 0 Å². The molecule has 0 aliphatic carbocycles. The molecule has 0 aliphatic heterocycles. The molecular formula is C23H15BrN3O6-. The van der Waals surface area contributed by atoms with Gasteiger partial charge < -0.3 is 20.5 Å². The number of carboxylic acids is 1. The van der Waals surface area contributed by atoms with Crippen LogP contribution in [0, 0.1) is 10.1 Å². The van der Waals surface area contributed by atoms with Gasteiger partial charge in [0.05, 0.1) is 16.5 Å². The fourth-order valence-electron chi connectivity index (χ4n) is 2.81. The van der Waals surface area contributed by atoms with Crippen LogP contribution in [0.1, 0.15) is 26.3 Å². The first-order valence-corrected chi connectivity index (χ1v) is 10.2. The minimum absolute atomic E-state index is 0.144. The number of aromatic carboxylic acids is 1. The van der Waals surface area contributed by atoms with Gasteiger partial charge in [0.2, 0.25) is 0 Å². The third-order valence-electron chi connectivity index (χ3n) is 4.36. The Hall–Kier alpha value is -4.31. The van der Waals surface area contributed by atoms with Gasteiger partial charge in [-0.3, -0.25) is 19.7 Å². The molecule has 0 heterocycles. The van der Waals surface area contributed by atoms with Gasteiger partial charge in [0, 0.05) is 22.3 Å². The molecule has 33 heavy (non-hydrogen) atoms. The number of halogens is 1. The molecule has 3 aromatic carbocycles. The molecular weight excluding hydrogens is 494 g/mol. The highest BCUT2D eigenvalue weighted by atomic mass is 79.9. The van der Waals surface area contributed by atoms with Gasteiger partial charge >= 0.3 is 0 Å². The fourth-order valence-corrected chi connectivity index (χ4v) is 3.28. The van der Waals surface area contributed by atoms with Crippen molar-refractivity contribution in [1.82, 2.24) is 5.32 Å². The van der Waals surface area contributed by atoms with Crippen LogP contribution in [0.3, 0.4) is 0 Å². The van der Waals surface area contributed by atoms with E-state index in [-0.39, 0.29) is 28.2 Å². The van der Waals surface area contributed by atoms with E-state index in [2.05, 4.69) is 26.6 Å². The topological polar surface area (TPSA) is 141 Å². The summed E-state index contributed by atoms with van der Waals surface area (Å²) in [5.74, 6) is -2.78. The number of anilines is 1. The van der Waals surface area contributed by atoms with Crippen molar-refractivity contribution < 1.29 is 24.4 Å². The average molecular weight is 509 g/mol. The van der Waals surface area contributed by atoms with Crippen LogP contribution in [0.15, 0.2) is 83.0 Å². The molecule has 9 nitrogen and oxygen atoms in total. The summed E-state index contributed by atoms with van der Waals surface area (Å²) in [5.41, 5.74) is 0.160. The summed E-state index contributed by atoms with van der Waals surface area (Å²) in [7, 11) is 0. The molecule has 0 fully saturated rings. The summed E-state index contributed by atoms with van der Waals surface area (Å²) in [6, 6.07) is 17.5. The first kappa shape index (κ1) is 23.4. The first-order valence-electron chi connectivity index (χ1n) is 9.39. The van der Waals surface area contributed by atoms with E-state index in [0.29, 0.717) is 10.0 Å². The molecule has 0 aliphatic rings. The molecule has 0 saturated heterocycles. The summed E-state index contributed by atoms with van der Waals surface area (Å²) < 4.78 is 0.499. The van der Waals surface area contributed by atoms with Crippen LogP contribution in [0.25, 0.3) is 6.08 Å². The highest BCUT2D eigenvalue weighted by molar-refractivity contribution is 9.10. The second-order valence-electron chi connectivity index (χ2n) is 6.67. The van der Waals surface area contributed by atoms with Crippen molar-refractivity contribution in [1.29, 1.82) is 0 Å². The summed E-state index contributed by atoms with van der Waals surface area (Å²) in [5, 5.41) is 27.2. The number of amides is 2. The van der Waals surface area contributed by atoms with E-state index in [9.17, 15) is 29.6 Å². The normalized spacial score (nSPS) is 10.9. The van der Waals surface area contributed by atoms with Crippen molar-refractivity contribution in [3.05, 3.63) is 110 Å². The molecule has 0 unspecified atom stereocenters. The van der Waals surface area contributed by atoms with Crippen LogP contribution in [0.2, 0.25) is 0 Å². The number of nitro groups is 1. The number of benzene rings is 3. The molecule has 3 aromatic rings. The molecule has 0 spiro atoms. The zero-order chi connectivity index (χ0) is 24.0. The van der Waals surface area contributed by atoms with E-state index >= 15 is 0 Å². The quantitative estimate of drug-likeness (QED) is 0.285. The number of hydrogen-bond acceptors (Lipinski definition) is 6. The van der Waals surface area contributed by atoms with Gasteiger partial charge in [-0.2, -0.15) is 0 Å². The van der Waals surface area contributed by atoms with Crippen molar-refractivity contribution in [2.24, 2.45) is 0 Å². The average Bonchev–Trinajstić information content (AvgIpc) is 2.79. The van der Waals surface area contributed by atoms with E-state index < -0.39 is 22.7 Å². The summed E-state index contributed by atoms with van der Waals surface area (Å²) in [6.45, 7) is 0. The zero-order valence-electron chi connectivity index (χ0n) is 16.8. The smallest absolute Gasteiger partial charge is 0.272 e. The maximum Gasteiger partial charge on any atom is 0.272 e. The van der Waals surface area contributed by atoms with Gasteiger partial charge in [-0.1, -0.05) is 36.4 Å².